The van der Waals surface area contributed by atoms with Crippen molar-refractivity contribution >= 4 is 35.1 Å². The highest BCUT2D eigenvalue weighted by molar-refractivity contribution is 7.99. The molecule has 0 saturated carbocycles. The fourth-order valence-electron chi connectivity index (χ4n) is 1.96. The minimum Gasteiger partial charge on any atom is -0.497 e. The van der Waals surface area contributed by atoms with Crippen LogP contribution in [0.1, 0.15) is 13.8 Å². The quantitative estimate of drug-likeness (QED) is 0.668. The van der Waals surface area contributed by atoms with Gasteiger partial charge in [0.1, 0.15) is 16.5 Å². The van der Waals surface area contributed by atoms with E-state index in [-0.39, 0.29) is 23.5 Å². The average molecular weight is 390 g/mol. The molecule has 1 aromatic heterocycles. The number of methoxy groups -OCH3 is 2. The highest BCUT2D eigenvalue weighted by Gasteiger charge is 2.11. The molecule has 0 atom stereocenters. The zero-order chi connectivity index (χ0) is 19.8. The summed E-state index contributed by atoms with van der Waals surface area (Å²) in [5.74, 6) is 1.21. The van der Waals surface area contributed by atoms with Crippen LogP contribution in [0.3, 0.4) is 0 Å². The van der Waals surface area contributed by atoms with Crippen LogP contribution >= 0.6 is 11.8 Å². The zero-order valence-corrected chi connectivity index (χ0v) is 16.4. The Hall–Kier alpha value is -2.81. The molecule has 0 aliphatic heterocycles. The molecule has 0 spiro atoms. The third kappa shape index (κ3) is 6.14. The molecule has 144 valence electrons. The van der Waals surface area contributed by atoms with Crippen molar-refractivity contribution in [3.63, 3.8) is 0 Å². The summed E-state index contributed by atoms with van der Waals surface area (Å²) in [7, 11) is 3.08. The highest BCUT2D eigenvalue weighted by atomic mass is 32.2. The van der Waals surface area contributed by atoms with Crippen molar-refractivity contribution in [3.05, 3.63) is 30.3 Å². The minimum absolute atomic E-state index is 0.127. The first kappa shape index (κ1) is 20.5. The number of rotatable bonds is 8. The second kappa shape index (κ2) is 9.77. The van der Waals surface area contributed by atoms with E-state index in [1.54, 1.807) is 51.3 Å². The molecule has 0 aliphatic carbocycles. The Morgan fingerprint density at radius 2 is 1.85 bits per heavy atom. The van der Waals surface area contributed by atoms with Gasteiger partial charge < -0.3 is 20.1 Å². The van der Waals surface area contributed by atoms with Gasteiger partial charge in [-0.2, -0.15) is 0 Å². The molecule has 0 unspecified atom stereocenters. The number of benzene rings is 1. The van der Waals surface area contributed by atoms with Gasteiger partial charge in [-0.25, -0.2) is 0 Å². The highest BCUT2D eigenvalue weighted by Crippen LogP contribution is 2.29. The fourth-order valence-corrected chi connectivity index (χ4v) is 2.58. The van der Waals surface area contributed by atoms with E-state index in [2.05, 4.69) is 20.8 Å². The Morgan fingerprint density at radius 1 is 1.07 bits per heavy atom. The lowest BCUT2D eigenvalue weighted by Crippen LogP contribution is -2.18. The molecule has 2 aromatic rings. The molecule has 0 saturated heterocycles. The van der Waals surface area contributed by atoms with E-state index < -0.39 is 0 Å². The molecule has 0 aliphatic rings. The van der Waals surface area contributed by atoms with Crippen molar-refractivity contribution in [2.45, 2.75) is 18.9 Å². The largest absolute Gasteiger partial charge is 0.497 e. The summed E-state index contributed by atoms with van der Waals surface area (Å²) >= 11 is 1.24. The second-order valence-electron chi connectivity index (χ2n) is 5.80. The van der Waals surface area contributed by atoms with E-state index in [1.165, 1.54) is 18.9 Å². The SMILES string of the molecule is COc1ccc(NC(=O)CSc2ccc(NC(=O)C(C)C)nn2)c(OC)c1. The van der Waals surface area contributed by atoms with Gasteiger partial charge in [0, 0.05) is 12.0 Å². The Bertz CT molecular complexity index is 796. The van der Waals surface area contributed by atoms with Crippen molar-refractivity contribution in [1.82, 2.24) is 10.2 Å². The van der Waals surface area contributed by atoms with Gasteiger partial charge in [0.25, 0.3) is 0 Å². The summed E-state index contributed by atoms with van der Waals surface area (Å²) in [5, 5.41) is 14.0. The van der Waals surface area contributed by atoms with Gasteiger partial charge in [0.2, 0.25) is 11.8 Å². The number of amides is 2. The van der Waals surface area contributed by atoms with Crippen molar-refractivity contribution in [2.75, 3.05) is 30.6 Å². The summed E-state index contributed by atoms with van der Waals surface area (Å²) in [6, 6.07) is 8.50. The Morgan fingerprint density at radius 3 is 2.44 bits per heavy atom. The molecule has 8 nitrogen and oxygen atoms in total. The first-order valence-corrected chi connectivity index (χ1v) is 9.20. The number of nitrogens with zero attached hydrogens (tertiary/aromatic N) is 2. The molecule has 2 amide bonds. The summed E-state index contributed by atoms with van der Waals surface area (Å²) in [6.07, 6.45) is 0. The number of anilines is 2. The third-order valence-electron chi connectivity index (χ3n) is 3.45. The first-order chi connectivity index (χ1) is 12.9. The Labute approximate surface area is 162 Å². The predicted molar refractivity (Wildman–Crippen MR) is 104 cm³/mol. The molecule has 1 aromatic carbocycles. The van der Waals surface area contributed by atoms with Gasteiger partial charge in [-0.1, -0.05) is 25.6 Å². The number of nitrogens with one attached hydrogen (secondary N) is 2. The molecular weight excluding hydrogens is 368 g/mol. The van der Waals surface area contributed by atoms with Crippen LogP contribution in [0.2, 0.25) is 0 Å². The van der Waals surface area contributed by atoms with Gasteiger partial charge in [-0.15, -0.1) is 10.2 Å². The van der Waals surface area contributed by atoms with Gasteiger partial charge in [-0.05, 0) is 24.3 Å². The van der Waals surface area contributed by atoms with Crippen molar-refractivity contribution < 1.29 is 19.1 Å². The molecule has 0 bridgehead atoms. The molecular formula is C18H22N4O4S. The first-order valence-electron chi connectivity index (χ1n) is 8.22. The second-order valence-corrected chi connectivity index (χ2v) is 6.80. The summed E-state index contributed by atoms with van der Waals surface area (Å²) in [5.41, 5.74) is 0.557. The average Bonchev–Trinajstić information content (AvgIpc) is 2.67. The molecule has 0 fully saturated rings. The molecule has 2 N–H and O–H groups in total. The molecule has 9 heteroatoms. The van der Waals surface area contributed by atoms with Crippen LogP contribution in [0.15, 0.2) is 35.4 Å². The van der Waals surface area contributed by atoms with Crippen LogP contribution in [-0.2, 0) is 9.59 Å². The summed E-state index contributed by atoms with van der Waals surface area (Å²) < 4.78 is 10.4. The molecule has 27 heavy (non-hydrogen) atoms. The number of carbonyl (C=O) groups excluding carboxylic acids is 2. The normalized spacial score (nSPS) is 10.4. The van der Waals surface area contributed by atoms with Crippen molar-refractivity contribution in [1.29, 1.82) is 0 Å². The topological polar surface area (TPSA) is 102 Å². The Kier molecular flexibility index (Phi) is 7.42. The number of carbonyl (C=O) groups is 2. The summed E-state index contributed by atoms with van der Waals surface area (Å²) in [4.78, 5) is 23.8. The van der Waals surface area contributed by atoms with Crippen LogP contribution in [0.4, 0.5) is 11.5 Å². The van der Waals surface area contributed by atoms with Crippen LogP contribution in [0.25, 0.3) is 0 Å². The summed E-state index contributed by atoms with van der Waals surface area (Å²) in [6.45, 7) is 3.59. The minimum atomic E-state index is -0.206. The molecule has 2 rings (SSSR count). The maximum atomic E-state index is 12.2. The van der Waals surface area contributed by atoms with E-state index in [0.29, 0.717) is 28.0 Å². The Balaban J connectivity index is 1.89. The van der Waals surface area contributed by atoms with E-state index >= 15 is 0 Å². The number of ether oxygens (including phenoxy) is 2. The van der Waals surface area contributed by atoms with Crippen molar-refractivity contribution in [3.8, 4) is 11.5 Å². The number of thioether (sulfide) groups is 1. The smallest absolute Gasteiger partial charge is 0.234 e. The van der Waals surface area contributed by atoms with E-state index in [4.69, 9.17) is 9.47 Å². The van der Waals surface area contributed by atoms with E-state index in [0.717, 1.165) is 0 Å². The number of hydrogen-bond donors (Lipinski definition) is 2. The standard InChI is InChI=1S/C18H22N4O4S/c1-11(2)18(24)20-15-7-8-17(22-21-15)27-10-16(23)19-13-6-5-12(25-3)9-14(13)26-4/h5-9,11H,10H2,1-4H3,(H,19,23)(H,20,21,24). The van der Waals surface area contributed by atoms with Crippen LogP contribution < -0.4 is 20.1 Å². The maximum absolute atomic E-state index is 12.2. The van der Waals surface area contributed by atoms with Gasteiger partial charge in [0.15, 0.2) is 5.82 Å². The van der Waals surface area contributed by atoms with Crippen LogP contribution in [-0.4, -0.2) is 42.0 Å². The van der Waals surface area contributed by atoms with Gasteiger partial charge >= 0.3 is 0 Å². The predicted octanol–water partition coefficient (Wildman–Crippen LogP) is 2.82. The van der Waals surface area contributed by atoms with Crippen molar-refractivity contribution in [2.24, 2.45) is 5.92 Å². The lowest BCUT2D eigenvalue weighted by molar-refractivity contribution is -0.119. The fraction of sp³-hybridized carbons (Fsp3) is 0.333. The lowest BCUT2D eigenvalue weighted by Gasteiger charge is -2.11. The van der Waals surface area contributed by atoms with E-state index in [9.17, 15) is 9.59 Å². The van der Waals surface area contributed by atoms with Crippen LogP contribution in [0, 0.1) is 5.92 Å². The van der Waals surface area contributed by atoms with Gasteiger partial charge in [-0.3, -0.25) is 9.59 Å². The molecule has 0 radical (unpaired) electrons. The monoisotopic (exact) mass is 390 g/mol. The number of aromatic nitrogens is 2. The van der Waals surface area contributed by atoms with Gasteiger partial charge in [0.05, 0.1) is 25.7 Å². The third-order valence-corrected chi connectivity index (χ3v) is 4.37. The number of hydrogen-bond acceptors (Lipinski definition) is 7. The maximum Gasteiger partial charge on any atom is 0.234 e. The van der Waals surface area contributed by atoms with Crippen LogP contribution in [0.5, 0.6) is 11.5 Å². The lowest BCUT2D eigenvalue weighted by atomic mass is 10.2. The van der Waals surface area contributed by atoms with E-state index in [1.807, 2.05) is 0 Å². The zero-order valence-electron chi connectivity index (χ0n) is 15.6. The molecule has 1 heterocycles.